The number of nitrogens with zero attached hydrogens (tertiary/aromatic N) is 1. The summed E-state index contributed by atoms with van der Waals surface area (Å²) in [6, 6.07) is 8.40. The first-order valence-electron chi connectivity index (χ1n) is 7.39. The maximum absolute atomic E-state index is 10.3. The summed E-state index contributed by atoms with van der Waals surface area (Å²) in [5.74, 6) is 0. The lowest BCUT2D eigenvalue weighted by atomic mass is 10.0. The van der Waals surface area contributed by atoms with Gasteiger partial charge in [-0.05, 0) is 37.5 Å². The molecule has 0 amide bonds. The van der Waals surface area contributed by atoms with Gasteiger partial charge in [0.05, 0.1) is 18.8 Å². The molecule has 0 bridgehead atoms. The number of aliphatic hydroxyl groups excluding tert-OH is 1. The van der Waals surface area contributed by atoms with Crippen LogP contribution in [0.4, 0.5) is 0 Å². The molecule has 1 heterocycles. The van der Waals surface area contributed by atoms with Crippen molar-refractivity contribution >= 4 is 15.9 Å². The highest BCUT2D eigenvalue weighted by Gasteiger charge is 2.25. The molecule has 1 aromatic carbocycles. The molecular weight excluding hydrogens is 318 g/mol. The van der Waals surface area contributed by atoms with E-state index in [1.54, 1.807) is 0 Å². The van der Waals surface area contributed by atoms with E-state index >= 15 is 0 Å². The molecule has 0 spiro atoms. The van der Waals surface area contributed by atoms with Crippen LogP contribution in [0.1, 0.15) is 38.4 Å². The predicted molar refractivity (Wildman–Crippen MR) is 84.8 cm³/mol. The normalized spacial score (nSPS) is 25.6. The van der Waals surface area contributed by atoms with Crippen molar-refractivity contribution in [1.29, 1.82) is 0 Å². The molecule has 1 aliphatic rings. The van der Waals surface area contributed by atoms with Crippen molar-refractivity contribution in [2.45, 2.75) is 44.9 Å². The lowest BCUT2D eigenvalue weighted by Gasteiger charge is -2.38. The van der Waals surface area contributed by atoms with E-state index in [4.69, 9.17) is 4.74 Å². The van der Waals surface area contributed by atoms with Crippen molar-refractivity contribution in [1.82, 2.24) is 4.90 Å². The highest BCUT2D eigenvalue weighted by molar-refractivity contribution is 9.10. The topological polar surface area (TPSA) is 32.7 Å². The zero-order valence-corrected chi connectivity index (χ0v) is 13.8. The van der Waals surface area contributed by atoms with Crippen molar-refractivity contribution in [2.75, 3.05) is 19.7 Å². The first kappa shape index (κ1) is 16.0. The summed E-state index contributed by atoms with van der Waals surface area (Å²) in [5.41, 5.74) is 0.980. The molecule has 3 nitrogen and oxygen atoms in total. The highest BCUT2D eigenvalue weighted by Crippen LogP contribution is 2.22. The van der Waals surface area contributed by atoms with Gasteiger partial charge in [-0.1, -0.05) is 35.0 Å². The van der Waals surface area contributed by atoms with Gasteiger partial charge in [0.1, 0.15) is 0 Å². The summed E-state index contributed by atoms with van der Waals surface area (Å²) in [6.45, 7) is 7.00. The minimum atomic E-state index is -0.400. The Morgan fingerprint density at radius 3 is 3.00 bits per heavy atom. The van der Waals surface area contributed by atoms with Gasteiger partial charge in [-0.3, -0.25) is 4.90 Å². The van der Waals surface area contributed by atoms with Crippen LogP contribution in [0.25, 0.3) is 0 Å². The lowest BCUT2D eigenvalue weighted by Crippen LogP contribution is -2.48. The van der Waals surface area contributed by atoms with Gasteiger partial charge in [0, 0.05) is 23.6 Å². The third kappa shape index (κ3) is 4.29. The molecule has 1 fully saturated rings. The fraction of sp³-hybridized carbons (Fsp3) is 0.625. The second-order valence-corrected chi connectivity index (χ2v) is 6.48. The molecule has 1 saturated heterocycles. The van der Waals surface area contributed by atoms with Gasteiger partial charge in [0.15, 0.2) is 0 Å². The number of hydrogen-bond donors (Lipinski definition) is 1. The second kappa shape index (κ2) is 7.55. The van der Waals surface area contributed by atoms with E-state index in [2.05, 4.69) is 34.7 Å². The Kier molecular flexibility index (Phi) is 6.02. The van der Waals surface area contributed by atoms with Crippen LogP contribution in [0.5, 0.6) is 0 Å². The molecule has 4 heteroatoms. The third-order valence-corrected chi connectivity index (χ3v) is 4.47. The minimum Gasteiger partial charge on any atom is -0.388 e. The van der Waals surface area contributed by atoms with Crippen molar-refractivity contribution in [3.05, 3.63) is 34.3 Å². The van der Waals surface area contributed by atoms with Crippen molar-refractivity contribution < 1.29 is 9.84 Å². The average Bonchev–Trinajstić information content (AvgIpc) is 2.45. The van der Waals surface area contributed by atoms with E-state index in [-0.39, 0.29) is 0 Å². The smallest absolute Gasteiger partial charge is 0.0802 e. The van der Waals surface area contributed by atoms with E-state index < -0.39 is 6.10 Å². The third-order valence-electron chi connectivity index (χ3n) is 3.98. The molecule has 0 aliphatic carbocycles. The molecule has 1 N–H and O–H groups in total. The van der Waals surface area contributed by atoms with Gasteiger partial charge in [-0.15, -0.1) is 0 Å². The number of benzene rings is 1. The van der Waals surface area contributed by atoms with Crippen molar-refractivity contribution in [2.24, 2.45) is 0 Å². The van der Waals surface area contributed by atoms with Gasteiger partial charge >= 0.3 is 0 Å². The number of halogens is 1. The average molecular weight is 342 g/mol. The summed E-state index contributed by atoms with van der Waals surface area (Å²) >= 11 is 3.45. The minimum absolute atomic E-state index is 0.292. The van der Waals surface area contributed by atoms with Crippen LogP contribution in [0.15, 0.2) is 28.7 Å². The standard InChI is InChI=1S/C16H24BrNO2/c1-3-15-11-20-12(2)10-18(15)8-7-16(19)13-5-4-6-14(17)9-13/h4-6,9,12,15-16,19H,3,7-8,10-11H2,1-2H3. The number of rotatable bonds is 5. The van der Waals surface area contributed by atoms with Crippen molar-refractivity contribution in [3.8, 4) is 0 Å². The number of hydrogen-bond acceptors (Lipinski definition) is 3. The van der Waals surface area contributed by atoms with E-state index in [0.29, 0.717) is 12.1 Å². The zero-order valence-electron chi connectivity index (χ0n) is 12.3. The fourth-order valence-corrected chi connectivity index (χ4v) is 3.15. The lowest BCUT2D eigenvalue weighted by molar-refractivity contribution is -0.0591. The first-order chi connectivity index (χ1) is 9.60. The maximum Gasteiger partial charge on any atom is 0.0802 e. The Morgan fingerprint density at radius 2 is 2.30 bits per heavy atom. The van der Waals surface area contributed by atoms with E-state index in [1.165, 1.54) is 0 Å². The molecule has 112 valence electrons. The Morgan fingerprint density at radius 1 is 1.50 bits per heavy atom. The van der Waals surface area contributed by atoms with Gasteiger partial charge < -0.3 is 9.84 Å². The SMILES string of the molecule is CCC1COC(C)CN1CCC(O)c1cccc(Br)c1. The van der Waals surface area contributed by atoms with E-state index in [0.717, 1.165) is 42.6 Å². The first-order valence-corrected chi connectivity index (χ1v) is 8.18. The predicted octanol–water partition coefficient (Wildman–Crippen LogP) is 3.37. The number of ether oxygens (including phenoxy) is 1. The Labute approximate surface area is 130 Å². The molecule has 0 aromatic heterocycles. The van der Waals surface area contributed by atoms with Gasteiger partial charge in [0.25, 0.3) is 0 Å². The summed E-state index contributed by atoms with van der Waals surface area (Å²) in [5, 5.41) is 10.3. The molecule has 3 atom stereocenters. The van der Waals surface area contributed by atoms with Gasteiger partial charge in [0.2, 0.25) is 0 Å². The quantitative estimate of drug-likeness (QED) is 0.891. The fourth-order valence-electron chi connectivity index (χ4n) is 2.73. The van der Waals surface area contributed by atoms with Crippen LogP contribution in [-0.4, -0.2) is 41.8 Å². The summed E-state index contributed by atoms with van der Waals surface area (Å²) in [4.78, 5) is 2.45. The second-order valence-electron chi connectivity index (χ2n) is 5.56. The van der Waals surface area contributed by atoms with E-state index in [9.17, 15) is 5.11 Å². The molecule has 0 radical (unpaired) electrons. The largest absolute Gasteiger partial charge is 0.388 e. The molecule has 1 aromatic rings. The summed E-state index contributed by atoms with van der Waals surface area (Å²) in [6.07, 6.45) is 1.75. The van der Waals surface area contributed by atoms with E-state index in [1.807, 2.05) is 24.3 Å². The molecule has 1 aliphatic heterocycles. The highest BCUT2D eigenvalue weighted by atomic mass is 79.9. The summed E-state index contributed by atoms with van der Waals surface area (Å²) in [7, 11) is 0. The van der Waals surface area contributed by atoms with Crippen LogP contribution < -0.4 is 0 Å². The number of morpholine rings is 1. The van der Waals surface area contributed by atoms with Crippen LogP contribution in [0, 0.1) is 0 Å². The molecule has 3 unspecified atom stereocenters. The summed E-state index contributed by atoms with van der Waals surface area (Å²) < 4.78 is 6.72. The molecular formula is C16H24BrNO2. The maximum atomic E-state index is 10.3. The molecule has 0 saturated carbocycles. The van der Waals surface area contributed by atoms with Crippen LogP contribution in [0.3, 0.4) is 0 Å². The van der Waals surface area contributed by atoms with Gasteiger partial charge in [-0.2, -0.15) is 0 Å². The molecule has 2 rings (SSSR count). The molecule has 20 heavy (non-hydrogen) atoms. The number of aliphatic hydroxyl groups is 1. The van der Waals surface area contributed by atoms with Crippen LogP contribution in [0.2, 0.25) is 0 Å². The van der Waals surface area contributed by atoms with Crippen LogP contribution >= 0.6 is 15.9 Å². The Hall–Kier alpha value is -0.420. The Bertz CT molecular complexity index is 427. The van der Waals surface area contributed by atoms with Crippen LogP contribution in [-0.2, 0) is 4.74 Å². The van der Waals surface area contributed by atoms with Crippen molar-refractivity contribution in [3.63, 3.8) is 0 Å². The monoisotopic (exact) mass is 341 g/mol. The zero-order chi connectivity index (χ0) is 14.5. The Balaban J connectivity index is 1.90. The van der Waals surface area contributed by atoms with Gasteiger partial charge in [-0.25, -0.2) is 0 Å².